The second-order valence-corrected chi connectivity index (χ2v) is 5.12. The van der Waals surface area contributed by atoms with Crippen LogP contribution in [0.1, 0.15) is 24.8 Å². The summed E-state index contributed by atoms with van der Waals surface area (Å²) >= 11 is 0. The van der Waals surface area contributed by atoms with Crippen LogP contribution in [0.4, 0.5) is 5.82 Å². The Morgan fingerprint density at radius 2 is 2.29 bits per heavy atom. The molecular formula is C14H20ClN3O3. The molecular weight excluding hydrogens is 294 g/mol. The Morgan fingerprint density at radius 1 is 1.52 bits per heavy atom. The summed E-state index contributed by atoms with van der Waals surface area (Å²) in [5, 5.41) is 8.79. The van der Waals surface area contributed by atoms with Crippen LogP contribution < -0.4 is 5.73 Å². The van der Waals surface area contributed by atoms with Gasteiger partial charge in [0, 0.05) is 18.7 Å². The second-order valence-electron chi connectivity index (χ2n) is 5.12. The maximum absolute atomic E-state index is 12.2. The van der Waals surface area contributed by atoms with Crippen molar-refractivity contribution in [3.05, 3.63) is 23.9 Å². The SMILES string of the molecule is Cl.Nc1cc(CCC2CCCN(CC(=O)O)C2=O)ccn1. The first-order valence-corrected chi connectivity index (χ1v) is 6.77. The van der Waals surface area contributed by atoms with Crippen molar-refractivity contribution >= 4 is 30.1 Å². The van der Waals surface area contributed by atoms with Crippen molar-refractivity contribution < 1.29 is 14.7 Å². The van der Waals surface area contributed by atoms with E-state index in [0.717, 1.165) is 31.2 Å². The van der Waals surface area contributed by atoms with Crippen molar-refractivity contribution in [1.82, 2.24) is 9.88 Å². The molecule has 0 aromatic carbocycles. The molecule has 1 unspecified atom stereocenters. The molecule has 1 amide bonds. The first-order chi connectivity index (χ1) is 9.56. The Hall–Kier alpha value is -1.82. The molecule has 1 fully saturated rings. The molecule has 0 radical (unpaired) electrons. The van der Waals surface area contributed by atoms with E-state index >= 15 is 0 Å². The molecule has 1 saturated heterocycles. The van der Waals surface area contributed by atoms with E-state index in [2.05, 4.69) is 4.98 Å². The number of nitrogens with two attached hydrogens (primary N) is 1. The zero-order chi connectivity index (χ0) is 14.5. The highest BCUT2D eigenvalue weighted by Crippen LogP contribution is 2.23. The minimum absolute atomic E-state index is 0. The van der Waals surface area contributed by atoms with Crippen LogP contribution in [0.25, 0.3) is 0 Å². The minimum atomic E-state index is -0.957. The maximum Gasteiger partial charge on any atom is 0.323 e. The van der Waals surface area contributed by atoms with E-state index in [-0.39, 0.29) is 30.8 Å². The van der Waals surface area contributed by atoms with Gasteiger partial charge in [0.2, 0.25) is 5.91 Å². The van der Waals surface area contributed by atoms with Crippen LogP contribution in [0.15, 0.2) is 18.3 Å². The Morgan fingerprint density at radius 3 is 2.95 bits per heavy atom. The van der Waals surface area contributed by atoms with Crippen LogP contribution in [0, 0.1) is 5.92 Å². The van der Waals surface area contributed by atoms with E-state index in [4.69, 9.17) is 10.8 Å². The molecule has 0 saturated carbocycles. The van der Waals surface area contributed by atoms with Gasteiger partial charge in [0.1, 0.15) is 12.4 Å². The number of piperidine rings is 1. The van der Waals surface area contributed by atoms with Crippen LogP contribution in [0.2, 0.25) is 0 Å². The second kappa shape index (κ2) is 7.83. The number of carbonyl (C=O) groups excluding carboxylic acids is 1. The lowest BCUT2D eigenvalue weighted by Crippen LogP contribution is -2.43. The van der Waals surface area contributed by atoms with Crippen LogP contribution in [0.5, 0.6) is 0 Å². The number of aryl methyl sites for hydroxylation is 1. The standard InChI is InChI=1S/C14H19N3O3.ClH/c15-12-8-10(5-6-16-12)3-4-11-2-1-7-17(14(11)20)9-13(18)19;/h5-6,8,11H,1-4,7,9H2,(H2,15,16)(H,18,19);1H. The average Bonchev–Trinajstić information content (AvgIpc) is 2.39. The summed E-state index contributed by atoms with van der Waals surface area (Å²) in [6.45, 7) is 0.349. The number of pyridine rings is 1. The number of carboxylic acid groups (broad SMARTS) is 1. The van der Waals surface area contributed by atoms with E-state index in [0.29, 0.717) is 12.4 Å². The molecule has 1 aromatic heterocycles. The summed E-state index contributed by atoms with van der Waals surface area (Å²) in [7, 11) is 0. The quantitative estimate of drug-likeness (QED) is 0.855. The third-order valence-corrected chi connectivity index (χ3v) is 3.59. The summed E-state index contributed by atoms with van der Waals surface area (Å²) in [5.74, 6) is -0.607. The first kappa shape index (κ1) is 17.2. The van der Waals surface area contributed by atoms with Gasteiger partial charge in [-0.05, 0) is 43.4 Å². The van der Waals surface area contributed by atoms with Gasteiger partial charge in [-0.2, -0.15) is 0 Å². The smallest absolute Gasteiger partial charge is 0.323 e. The van der Waals surface area contributed by atoms with E-state index in [1.54, 1.807) is 6.20 Å². The molecule has 2 heterocycles. The minimum Gasteiger partial charge on any atom is -0.480 e. The molecule has 7 heteroatoms. The number of aromatic nitrogens is 1. The Kier molecular flexibility index (Phi) is 6.42. The number of hydrogen-bond acceptors (Lipinski definition) is 4. The molecule has 6 nitrogen and oxygen atoms in total. The summed E-state index contributed by atoms with van der Waals surface area (Å²) in [5.41, 5.74) is 6.68. The van der Waals surface area contributed by atoms with E-state index < -0.39 is 5.97 Å². The number of anilines is 1. The van der Waals surface area contributed by atoms with Crippen molar-refractivity contribution in [3.63, 3.8) is 0 Å². The van der Waals surface area contributed by atoms with Gasteiger partial charge >= 0.3 is 5.97 Å². The predicted molar refractivity (Wildman–Crippen MR) is 81.2 cm³/mol. The average molecular weight is 314 g/mol. The number of amides is 1. The molecule has 1 aliphatic heterocycles. The summed E-state index contributed by atoms with van der Waals surface area (Å²) in [6, 6.07) is 3.70. The number of nitrogen functional groups attached to an aromatic ring is 1. The third-order valence-electron chi connectivity index (χ3n) is 3.59. The van der Waals surface area contributed by atoms with Gasteiger partial charge in [-0.25, -0.2) is 4.98 Å². The lowest BCUT2D eigenvalue weighted by molar-refractivity contribution is -0.148. The van der Waals surface area contributed by atoms with Gasteiger partial charge in [0.25, 0.3) is 0 Å². The van der Waals surface area contributed by atoms with Gasteiger partial charge < -0.3 is 15.7 Å². The van der Waals surface area contributed by atoms with E-state index in [9.17, 15) is 9.59 Å². The number of aliphatic carboxylic acids is 1. The van der Waals surface area contributed by atoms with Gasteiger partial charge in [-0.3, -0.25) is 9.59 Å². The number of likely N-dealkylation sites (tertiary alicyclic amines) is 1. The van der Waals surface area contributed by atoms with Gasteiger partial charge in [0.05, 0.1) is 0 Å². The zero-order valence-electron chi connectivity index (χ0n) is 11.7. The van der Waals surface area contributed by atoms with E-state index in [1.165, 1.54) is 4.90 Å². The van der Waals surface area contributed by atoms with Crippen molar-refractivity contribution in [1.29, 1.82) is 0 Å². The highest BCUT2D eigenvalue weighted by molar-refractivity contribution is 5.85. The number of carbonyl (C=O) groups is 2. The summed E-state index contributed by atoms with van der Waals surface area (Å²) < 4.78 is 0. The van der Waals surface area contributed by atoms with Crippen molar-refractivity contribution in [2.45, 2.75) is 25.7 Å². The molecule has 0 aliphatic carbocycles. The van der Waals surface area contributed by atoms with Gasteiger partial charge in [-0.15, -0.1) is 12.4 Å². The highest BCUT2D eigenvalue weighted by Gasteiger charge is 2.29. The van der Waals surface area contributed by atoms with Gasteiger partial charge in [-0.1, -0.05) is 0 Å². The van der Waals surface area contributed by atoms with Crippen molar-refractivity contribution in [2.24, 2.45) is 5.92 Å². The lowest BCUT2D eigenvalue weighted by atomic mass is 9.91. The highest BCUT2D eigenvalue weighted by atomic mass is 35.5. The van der Waals surface area contributed by atoms with E-state index in [1.807, 2.05) is 12.1 Å². The molecule has 1 aliphatic rings. The topological polar surface area (TPSA) is 96.5 Å². The molecule has 1 atom stereocenters. The van der Waals surface area contributed by atoms with Gasteiger partial charge in [0.15, 0.2) is 0 Å². The largest absolute Gasteiger partial charge is 0.480 e. The summed E-state index contributed by atoms with van der Waals surface area (Å²) in [6.07, 6.45) is 4.82. The normalized spacial score (nSPS) is 18.2. The fraction of sp³-hybridized carbons (Fsp3) is 0.500. The molecule has 116 valence electrons. The van der Waals surface area contributed by atoms with Crippen LogP contribution in [-0.4, -0.2) is 40.0 Å². The van der Waals surface area contributed by atoms with Crippen LogP contribution in [-0.2, 0) is 16.0 Å². The number of hydrogen-bond donors (Lipinski definition) is 2. The lowest BCUT2D eigenvalue weighted by Gasteiger charge is -2.31. The monoisotopic (exact) mass is 313 g/mol. The molecule has 0 spiro atoms. The maximum atomic E-state index is 12.2. The molecule has 3 N–H and O–H groups in total. The molecule has 2 rings (SSSR count). The molecule has 0 bridgehead atoms. The Labute approximate surface area is 129 Å². The molecule has 21 heavy (non-hydrogen) atoms. The fourth-order valence-electron chi connectivity index (χ4n) is 2.60. The van der Waals surface area contributed by atoms with Crippen molar-refractivity contribution in [3.8, 4) is 0 Å². The van der Waals surface area contributed by atoms with Crippen LogP contribution >= 0.6 is 12.4 Å². The number of rotatable bonds is 5. The Bertz CT molecular complexity index is 510. The zero-order valence-corrected chi connectivity index (χ0v) is 12.5. The summed E-state index contributed by atoms with van der Waals surface area (Å²) in [4.78, 5) is 28.3. The Balaban J connectivity index is 0.00000220. The number of nitrogens with zero attached hydrogens (tertiary/aromatic N) is 2. The number of halogens is 1. The van der Waals surface area contributed by atoms with Crippen LogP contribution in [0.3, 0.4) is 0 Å². The first-order valence-electron chi connectivity index (χ1n) is 6.77. The number of carboxylic acids is 1. The predicted octanol–water partition coefficient (Wildman–Crippen LogP) is 1.34. The molecule has 1 aromatic rings. The third kappa shape index (κ3) is 4.90. The van der Waals surface area contributed by atoms with Crippen molar-refractivity contribution in [2.75, 3.05) is 18.8 Å². The fourth-order valence-corrected chi connectivity index (χ4v) is 2.60.